The van der Waals surface area contributed by atoms with Crippen molar-refractivity contribution in [3.63, 3.8) is 0 Å². The van der Waals surface area contributed by atoms with E-state index in [0.29, 0.717) is 31.0 Å². The lowest BCUT2D eigenvalue weighted by Crippen LogP contribution is -2.49. The first-order valence-electron chi connectivity index (χ1n) is 8.35. The summed E-state index contributed by atoms with van der Waals surface area (Å²) in [5.74, 6) is -0.0614. The monoisotopic (exact) mass is 338 g/mol. The molecule has 128 valence electrons. The van der Waals surface area contributed by atoms with E-state index in [1.807, 2.05) is 32.9 Å². The summed E-state index contributed by atoms with van der Waals surface area (Å²) in [5.41, 5.74) is 0.973. The number of amides is 2. The Morgan fingerprint density at radius 2 is 1.78 bits per heavy atom. The topological polar surface area (TPSA) is 49.4 Å². The highest BCUT2D eigenvalue weighted by Crippen LogP contribution is 2.16. The molecule has 0 aliphatic carbocycles. The maximum atomic E-state index is 12.5. The Balaban J connectivity index is 2.94. The average Bonchev–Trinajstić information content (AvgIpc) is 2.54. The van der Waals surface area contributed by atoms with E-state index >= 15 is 0 Å². The molecule has 0 saturated carbocycles. The number of halogens is 1. The maximum Gasteiger partial charge on any atom is 0.242 e. The zero-order valence-electron chi connectivity index (χ0n) is 14.3. The van der Waals surface area contributed by atoms with Crippen LogP contribution in [0.25, 0.3) is 0 Å². The Morgan fingerprint density at radius 3 is 2.30 bits per heavy atom. The fourth-order valence-electron chi connectivity index (χ4n) is 2.43. The molecule has 1 rings (SSSR count). The molecular formula is C18H27ClN2O2. The molecule has 1 aromatic rings. The normalized spacial score (nSPS) is 11.8. The van der Waals surface area contributed by atoms with Gasteiger partial charge in [-0.25, -0.2) is 0 Å². The minimum atomic E-state index is -0.434. The number of carbonyl (C=O) groups is 2. The van der Waals surface area contributed by atoms with E-state index in [9.17, 15) is 9.59 Å². The van der Waals surface area contributed by atoms with Gasteiger partial charge in [-0.1, -0.05) is 44.5 Å². The van der Waals surface area contributed by atoms with E-state index in [4.69, 9.17) is 11.6 Å². The Morgan fingerprint density at radius 1 is 1.13 bits per heavy atom. The second-order valence-electron chi connectivity index (χ2n) is 5.61. The van der Waals surface area contributed by atoms with Gasteiger partial charge in [0, 0.05) is 24.5 Å². The van der Waals surface area contributed by atoms with Crippen molar-refractivity contribution in [3.05, 3.63) is 34.9 Å². The van der Waals surface area contributed by atoms with Gasteiger partial charge in [0.2, 0.25) is 11.8 Å². The first kappa shape index (κ1) is 19.5. The van der Waals surface area contributed by atoms with Gasteiger partial charge in [0.1, 0.15) is 6.04 Å². The fourth-order valence-corrected chi connectivity index (χ4v) is 2.56. The van der Waals surface area contributed by atoms with Gasteiger partial charge >= 0.3 is 0 Å². The van der Waals surface area contributed by atoms with Gasteiger partial charge < -0.3 is 10.2 Å². The van der Waals surface area contributed by atoms with Crippen LogP contribution in [0.2, 0.25) is 5.02 Å². The predicted octanol–water partition coefficient (Wildman–Crippen LogP) is 3.77. The van der Waals surface area contributed by atoms with Crippen molar-refractivity contribution in [2.24, 2.45) is 0 Å². The van der Waals surface area contributed by atoms with Gasteiger partial charge in [0.05, 0.1) is 0 Å². The second kappa shape index (κ2) is 10.3. The standard InChI is InChI=1S/C18H27ClN2O2/c1-4-7-17(22)21(13-14-8-10-15(19)11-9-14)16(6-3)18(23)20-12-5-2/h8-11,16H,4-7,12-13H2,1-3H3,(H,20,23)/t16-/m1/s1. The third-order valence-corrected chi connectivity index (χ3v) is 3.92. The Labute approximate surface area is 144 Å². The molecule has 0 saturated heterocycles. The smallest absolute Gasteiger partial charge is 0.242 e. The SMILES string of the molecule is CCCNC(=O)[C@@H](CC)N(Cc1ccc(Cl)cc1)C(=O)CCC. The van der Waals surface area contributed by atoms with Gasteiger partial charge in [0.15, 0.2) is 0 Å². The van der Waals surface area contributed by atoms with E-state index in [0.717, 1.165) is 18.4 Å². The number of hydrogen-bond acceptors (Lipinski definition) is 2. The fraction of sp³-hybridized carbons (Fsp3) is 0.556. The van der Waals surface area contributed by atoms with Gasteiger partial charge in [0.25, 0.3) is 0 Å². The minimum Gasteiger partial charge on any atom is -0.354 e. The summed E-state index contributed by atoms with van der Waals surface area (Å²) in [6.07, 6.45) is 2.69. The van der Waals surface area contributed by atoms with E-state index in [1.54, 1.807) is 17.0 Å². The molecule has 1 aromatic carbocycles. The molecule has 0 aliphatic heterocycles. The van der Waals surface area contributed by atoms with Crippen molar-refractivity contribution in [2.75, 3.05) is 6.54 Å². The lowest BCUT2D eigenvalue weighted by atomic mass is 10.1. The van der Waals surface area contributed by atoms with Crippen molar-refractivity contribution < 1.29 is 9.59 Å². The highest BCUT2D eigenvalue weighted by atomic mass is 35.5. The molecule has 0 fully saturated rings. The number of rotatable bonds is 9. The highest BCUT2D eigenvalue weighted by Gasteiger charge is 2.27. The number of carbonyl (C=O) groups excluding carboxylic acids is 2. The van der Waals surface area contributed by atoms with Crippen molar-refractivity contribution in [2.45, 2.75) is 59.0 Å². The Bertz CT molecular complexity index is 502. The van der Waals surface area contributed by atoms with Crippen molar-refractivity contribution in [3.8, 4) is 0 Å². The molecule has 0 bridgehead atoms. The number of nitrogens with zero attached hydrogens (tertiary/aromatic N) is 1. The van der Waals surface area contributed by atoms with E-state index in [-0.39, 0.29) is 11.8 Å². The van der Waals surface area contributed by atoms with Crippen molar-refractivity contribution >= 4 is 23.4 Å². The summed E-state index contributed by atoms with van der Waals surface area (Å²) in [6, 6.07) is 6.96. The molecule has 1 N–H and O–H groups in total. The summed E-state index contributed by atoms with van der Waals surface area (Å²) in [6.45, 7) is 6.97. The summed E-state index contributed by atoms with van der Waals surface area (Å²) in [5, 5.41) is 3.56. The third-order valence-electron chi connectivity index (χ3n) is 3.67. The van der Waals surface area contributed by atoms with Crippen molar-refractivity contribution in [1.29, 1.82) is 0 Å². The van der Waals surface area contributed by atoms with Gasteiger partial charge in [-0.05, 0) is 37.0 Å². The van der Waals surface area contributed by atoms with Gasteiger partial charge in [-0.3, -0.25) is 9.59 Å². The van der Waals surface area contributed by atoms with E-state index in [1.165, 1.54) is 0 Å². The minimum absolute atomic E-state index is 0.0148. The van der Waals surface area contributed by atoms with Crippen LogP contribution >= 0.6 is 11.6 Å². The van der Waals surface area contributed by atoms with E-state index < -0.39 is 6.04 Å². The number of nitrogens with one attached hydrogen (secondary N) is 1. The molecular weight excluding hydrogens is 312 g/mol. The summed E-state index contributed by atoms with van der Waals surface area (Å²) < 4.78 is 0. The summed E-state index contributed by atoms with van der Waals surface area (Å²) in [4.78, 5) is 26.6. The number of benzene rings is 1. The molecule has 5 heteroatoms. The van der Waals surface area contributed by atoms with Crippen LogP contribution in [0.15, 0.2) is 24.3 Å². The second-order valence-corrected chi connectivity index (χ2v) is 6.05. The van der Waals surface area contributed by atoms with Gasteiger partial charge in [-0.15, -0.1) is 0 Å². The lowest BCUT2D eigenvalue weighted by molar-refractivity contribution is -0.141. The predicted molar refractivity (Wildman–Crippen MR) is 94.3 cm³/mol. The molecule has 23 heavy (non-hydrogen) atoms. The third kappa shape index (κ3) is 6.22. The van der Waals surface area contributed by atoms with Crippen LogP contribution in [0.5, 0.6) is 0 Å². The maximum absolute atomic E-state index is 12.5. The van der Waals surface area contributed by atoms with Crippen LogP contribution in [-0.4, -0.2) is 29.3 Å². The average molecular weight is 339 g/mol. The quantitative estimate of drug-likeness (QED) is 0.745. The summed E-state index contributed by atoms with van der Waals surface area (Å²) in [7, 11) is 0. The molecule has 0 radical (unpaired) electrons. The first-order valence-corrected chi connectivity index (χ1v) is 8.72. The molecule has 0 heterocycles. The van der Waals surface area contributed by atoms with Crippen LogP contribution in [0.1, 0.15) is 52.0 Å². The number of hydrogen-bond donors (Lipinski definition) is 1. The molecule has 4 nitrogen and oxygen atoms in total. The van der Waals surface area contributed by atoms with Crippen LogP contribution in [-0.2, 0) is 16.1 Å². The summed E-state index contributed by atoms with van der Waals surface area (Å²) >= 11 is 5.91. The first-order chi connectivity index (χ1) is 11.0. The van der Waals surface area contributed by atoms with Crippen LogP contribution < -0.4 is 5.32 Å². The zero-order valence-corrected chi connectivity index (χ0v) is 15.0. The van der Waals surface area contributed by atoms with Crippen LogP contribution in [0.4, 0.5) is 0 Å². The van der Waals surface area contributed by atoms with Gasteiger partial charge in [-0.2, -0.15) is 0 Å². The Kier molecular flexibility index (Phi) is 8.70. The van der Waals surface area contributed by atoms with Crippen LogP contribution in [0, 0.1) is 0 Å². The van der Waals surface area contributed by atoms with Crippen LogP contribution in [0.3, 0.4) is 0 Å². The zero-order chi connectivity index (χ0) is 17.2. The molecule has 0 aromatic heterocycles. The lowest BCUT2D eigenvalue weighted by Gasteiger charge is -2.30. The van der Waals surface area contributed by atoms with E-state index in [2.05, 4.69) is 5.32 Å². The Hall–Kier alpha value is -1.55. The molecule has 0 unspecified atom stereocenters. The highest BCUT2D eigenvalue weighted by molar-refractivity contribution is 6.30. The van der Waals surface area contributed by atoms with Crippen molar-refractivity contribution in [1.82, 2.24) is 10.2 Å². The molecule has 0 aliphatic rings. The molecule has 2 amide bonds. The molecule has 1 atom stereocenters. The largest absolute Gasteiger partial charge is 0.354 e. The molecule has 0 spiro atoms.